The standard InChI is InChI=1S/C21H18F2N4O5S/c1-32-13-7-5-12(6-8-13)27-19(15-10-33(30,31)11-18(15)26-27)25-21(29)20(28)24-9-14-16(22)3-2-4-17(14)23/h2-8H,9-11H2,1H3,(H,24,28)(H,25,29). The average molecular weight is 476 g/mol. The van der Waals surface area contributed by atoms with E-state index in [1.807, 2.05) is 0 Å². The molecule has 9 nitrogen and oxygen atoms in total. The van der Waals surface area contributed by atoms with Crippen LogP contribution in [0.25, 0.3) is 5.69 Å². The van der Waals surface area contributed by atoms with Crippen LogP contribution in [0, 0.1) is 11.6 Å². The van der Waals surface area contributed by atoms with Gasteiger partial charge in [0.2, 0.25) is 0 Å². The average Bonchev–Trinajstić information content (AvgIpc) is 3.25. The minimum Gasteiger partial charge on any atom is -0.497 e. The number of sulfone groups is 1. The molecule has 1 aliphatic rings. The Hall–Kier alpha value is -3.80. The van der Waals surface area contributed by atoms with Crippen molar-refractivity contribution in [3.05, 3.63) is 70.9 Å². The van der Waals surface area contributed by atoms with Gasteiger partial charge in [0.15, 0.2) is 9.84 Å². The van der Waals surface area contributed by atoms with Crippen molar-refractivity contribution < 1.29 is 31.5 Å². The number of rotatable bonds is 5. The zero-order chi connectivity index (χ0) is 23.8. The van der Waals surface area contributed by atoms with Gasteiger partial charge in [0, 0.05) is 17.7 Å². The molecule has 2 aromatic carbocycles. The van der Waals surface area contributed by atoms with Gasteiger partial charge >= 0.3 is 11.8 Å². The van der Waals surface area contributed by atoms with Gasteiger partial charge in [0.25, 0.3) is 0 Å². The fourth-order valence-electron chi connectivity index (χ4n) is 3.40. The molecule has 3 aromatic rings. The number of carbonyl (C=O) groups is 2. The molecule has 0 spiro atoms. The SMILES string of the molecule is COc1ccc(-n2nc3c(c2NC(=O)C(=O)NCc2c(F)cccc2F)CS(=O)(=O)C3)cc1. The second-order valence-corrected chi connectivity index (χ2v) is 9.32. The van der Waals surface area contributed by atoms with Crippen LogP contribution in [-0.4, -0.2) is 37.1 Å². The first kappa shape index (κ1) is 22.4. The number of nitrogens with zero attached hydrogens (tertiary/aromatic N) is 2. The molecule has 0 saturated heterocycles. The number of carbonyl (C=O) groups excluding carboxylic acids is 2. The first-order valence-corrected chi connectivity index (χ1v) is 11.5. The van der Waals surface area contributed by atoms with Crippen molar-refractivity contribution in [3.63, 3.8) is 0 Å². The van der Waals surface area contributed by atoms with E-state index in [2.05, 4.69) is 15.7 Å². The molecular formula is C21H18F2N4O5S. The highest BCUT2D eigenvalue weighted by atomic mass is 32.2. The number of hydrogen-bond donors (Lipinski definition) is 2. The normalized spacial score (nSPS) is 13.9. The van der Waals surface area contributed by atoms with E-state index < -0.39 is 45.4 Å². The molecule has 0 bridgehead atoms. The van der Waals surface area contributed by atoms with E-state index in [1.165, 1.54) is 17.9 Å². The first-order chi connectivity index (χ1) is 15.7. The number of halogens is 2. The van der Waals surface area contributed by atoms with Gasteiger partial charge in [0.05, 0.1) is 30.0 Å². The van der Waals surface area contributed by atoms with E-state index in [0.29, 0.717) is 11.4 Å². The van der Waals surface area contributed by atoms with Crippen LogP contribution in [0.3, 0.4) is 0 Å². The quantitative estimate of drug-likeness (QED) is 0.543. The van der Waals surface area contributed by atoms with Gasteiger partial charge in [0.1, 0.15) is 23.2 Å². The van der Waals surface area contributed by atoms with Crippen molar-refractivity contribution in [2.45, 2.75) is 18.1 Å². The maximum Gasteiger partial charge on any atom is 0.314 e. The fraction of sp³-hybridized carbons (Fsp3) is 0.190. The van der Waals surface area contributed by atoms with Crippen molar-refractivity contribution in [2.75, 3.05) is 12.4 Å². The third-order valence-electron chi connectivity index (χ3n) is 5.03. The molecule has 1 aromatic heterocycles. The Morgan fingerprint density at radius 2 is 1.73 bits per heavy atom. The van der Waals surface area contributed by atoms with E-state index in [9.17, 15) is 26.8 Å². The number of methoxy groups -OCH3 is 1. The predicted molar refractivity (Wildman–Crippen MR) is 113 cm³/mol. The summed E-state index contributed by atoms with van der Waals surface area (Å²) in [7, 11) is -1.94. The molecule has 33 heavy (non-hydrogen) atoms. The molecule has 0 fully saturated rings. The van der Waals surface area contributed by atoms with Crippen molar-refractivity contribution in [1.29, 1.82) is 0 Å². The van der Waals surface area contributed by atoms with Gasteiger partial charge in [-0.25, -0.2) is 21.9 Å². The fourth-order valence-corrected chi connectivity index (χ4v) is 4.89. The summed E-state index contributed by atoms with van der Waals surface area (Å²) in [5.41, 5.74) is 0.628. The van der Waals surface area contributed by atoms with Gasteiger partial charge in [-0.2, -0.15) is 5.10 Å². The molecule has 2 N–H and O–H groups in total. The minimum atomic E-state index is -3.44. The maximum atomic E-state index is 13.8. The number of hydrogen-bond acceptors (Lipinski definition) is 6. The summed E-state index contributed by atoms with van der Waals surface area (Å²) >= 11 is 0. The molecule has 4 rings (SSSR count). The lowest BCUT2D eigenvalue weighted by Gasteiger charge is -2.12. The van der Waals surface area contributed by atoms with Crippen molar-refractivity contribution in [3.8, 4) is 11.4 Å². The summed E-state index contributed by atoms with van der Waals surface area (Å²) in [5, 5.41) is 8.84. The second kappa shape index (κ2) is 8.62. The molecule has 2 amide bonds. The molecule has 1 aliphatic heterocycles. The third kappa shape index (κ3) is 4.55. The number of anilines is 1. The minimum absolute atomic E-state index is 0.0217. The van der Waals surface area contributed by atoms with Crippen LogP contribution in [0.2, 0.25) is 0 Å². The second-order valence-electron chi connectivity index (χ2n) is 7.25. The van der Waals surface area contributed by atoms with Crippen LogP contribution in [0.4, 0.5) is 14.6 Å². The molecule has 0 atom stereocenters. The lowest BCUT2D eigenvalue weighted by molar-refractivity contribution is -0.136. The number of amides is 2. The van der Waals surface area contributed by atoms with Gasteiger partial charge < -0.3 is 15.4 Å². The maximum absolute atomic E-state index is 13.8. The van der Waals surface area contributed by atoms with Gasteiger partial charge in [-0.1, -0.05) is 6.07 Å². The molecule has 172 valence electrons. The van der Waals surface area contributed by atoms with Crippen LogP contribution in [0.1, 0.15) is 16.8 Å². The van der Waals surface area contributed by atoms with E-state index in [-0.39, 0.29) is 28.6 Å². The summed E-state index contributed by atoms with van der Waals surface area (Å²) in [4.78, 5) is 24.8. The predicted octanol–water partition coefficient (Wildman–Crippen LogP) is 1.84. The van der Waals surface area contributed by atoms with E-state index in [1.54, 1.807) is 24.3 Å². The summed E-state index contributed by atoms with van der Waals surface area (Å²) in [5.74, 6) is -4.08. The Kier molecular flexibility index (Phi) is 5.85. The van der Waals surface area contributed by atoms with E-state index in [0.717, 1.165) is 12.1 Å². The Balaban J connectivity index is 1.58. The van der Waals surface area contributed by atoms with Crippen LogP contribution in [-0.2, 0) is 37.5 Å². The summed E-state index contributed by atoms with van der Waals surface area (Å²) in [6.45, 7) is -0.547. The number of aromatic nitrogens is 2. The Labute approximate surface area is 187 Å². The van der Waals surface area contributed by atoms with Crippen LogP contribution < -0.4 is 15.4 Å². The van der Waals surface area contributed by atoms with Crippen molar-refractivity contribution >= 4 is 27.5 Å². The third-order valence-corrected chi connectivity index (χ3v) is 6.47. The topological polar surface area (TPSA) is 119 Å². The molecule has 0 unspecified atom stereocenters. The summed E-state index contributed by atoms with van der Waals surface area (Å²) in [6.07, 6.45) is 0. The van der Waals surface area contributed by atoms with Crippen LogP contribution in [0.5, 0.6) is 5.75 Å². The van der Waals surface area contributed by atoms with E-state index >= 15 is 0 Å². The van der Waals surface area contributed by atoms with E-state index in [4.69, 9.17) is 4.74 Å². The van der Waals surface area contributed by atoms with Gasteiger partial charge in [-0.15, -0.1) is 0 Å². The number of nitrogens with one attached hydrogen (secondary N) is 2. The summed E-state index contributed by atoms with van der Waals surface area (Å²) in [6, 6.07) is 9.83. The highest BCUT2D eigenvalue weighted by Crippen LogP contribution is 2.33. The Morgan fingerprint density at radius 3 is 2.36 bits per heavy atom. The largest absolute Gasteiger partial charge is 0.497 e. The van der Waals surface area contributed by atoms with Gasteiger partial charge in [-0.3, -0.25) is 9.59 Å². The number of fused-ring (bicyclic) bond motifs is 1. The molecule has 2 heterocycles. The lowest BCUT2D eigenvalue weighted by atomic mass is 10.2. The van der Waals surface area contributed by atoms with Gasteiger partial charge in [-0.05, 0) is 36.4 Å². The molecule has 0 radical (unpaired) electrons. The van der Waals surface area contributed by atoms with Crippen molar-refractivity contribution in [2.24, 2.45) is 0 Å². The Morgan fingerprint density at radius 1 is 1.06 bits per heavy atom. The summed E-state index contributed by atoms with van der Waals surface area (Å²) < 4.78 is 58.0. The molecule has 12 heteroatoms. The molecule has 0 aliphatic carbocycles. The smallest absolute Gasteiger partial charge is 0.314 e. The monoisotopic (exact) mass is 476 g/mol. The number of benzene rings is 2. The Bertz CT molecular complexity index is 1330. The first-order valence-electron chi connectivity index (χ1n) is 9.66. The lowest BCUT2D eigenvalue weighted by Crippen LogP contribution is -2.36. The number of ether oxygens (including phenoxy) is 1. The van der Waals surface area contributed by atoms with Crippen LogP contribution in [0.15, 0.2) is 42.5 Å². The van der Waals surface area contributed by atoms with Crippen molar-refractivity contribution in [1.82, 2.24) is 15.1 Å². The molecular weight excluding hydrogens is 458 g/mol. The van der Waals surface area contributed by atoms with Crippen LogP contribution >= 0.6 is 0 Å². The molecule has 0 saturated carbocycles. The zero-order valence-corrected chi connectivity index (χ0v) is 18.1. The highest BCUT2D eigenvalue weighted by molar-refractivity contribution is 7.90. The zero-order valence-electron chi connectivity index (χ0n) is 17.3. The highest BCUT2D eigenvalue weighted by Gasteiger charge is 2.34.